The minimum absolute atomic E-state index is 0.0902. The number of halogens is 2. The van der Waals surface area contributed by atoms with Crippen LogP contribution in [0.25, 0.3) is 0 Å². The van der Waals surface area contributed by atoms with Gasteiger partial charge in [-0.3, -0.25) is 4.79 Å². The molecule has 0 unspecified atom stereocenters. The molecule has 0 aliphatic heterocycles. The number of nitrogens with two attached hydrogens (primary N) is 1. The number of rotatable bonds is 5. The van der Waals surface area contributed by atoms with E-state index in [0.717, 1.165) is 8.95 Å². The van der Waals surface area contributed by atoms with Crippen LogP contribution in [0.4, 0.5) is 0 Å². The van der Waals surface area contributed by atoms with Gasteiger partial charge in [0.2, 0.25) is 0 Å². The van der Waals surface area contributed by atoms with Gasteiger partial charge in [-0.15, -0.1) is 0 Å². The second-order valence-corrected chi connectivity index (χ2v) is 5.62. The van der Waals surface area contributed by atoms with Crippen molar-refractivity contribution in [3.8, 4) is 0 Å². The molecule has 0 aromatic heterocycles. The van der Waals surface area contributed by atoms with Crippen LogP contribution in [0.15, 0.2) is 32.3 Å². The van der Waals surface area contributed by atoms with E-state index in [0.29, 0.717) is 25.1 Å². The first-order chi connectivity index (χ1) is 8.99. The monoisotopic (exact) mass is 391 g/mol. The third kappa shape index (κ3) is 4.50. The summed E-state index contributed by atoms with van der Waals surface area (Å²) >= 11 is 6.72. The van der Waals surface area contributed by atoms with Crippen molar-refractivity contribution in [1.82, 2.24) is 4.90 Å². The summed E-state index contributed by atoms with van der Waals surface area (Å²) in [6.07, 6.45) is 0.338. The van der Waals surface area contributed by atoms with Gasteiger partial charge >= 0.3 is 0 Å². The Hall–Kier alpha value is -1.08. The molecule has 0 atom stereocenters. The molecule has 0 aliphatic carbocycles. The summed E-state index contributed by atoms with van der Waals surface area (Å²) in [5.74, 6) is 0.0220. The lowest BCUT2D eigenvalue weighted by molar-refractivity contribution is 0.0767. The predicted octanol–water partition coefficient (Wildman–Crippen LogP) is 2.81. The molecule has 1 aromatic rings. The number of carbonyl (C=O) groups excluding carboxylic acids is 1. The van der Waals surface area contributed by atoms with Crippen molar-refractivity contribution >= 4 is 43.6 Å². The number of amidine groups is 1. The zero-order valence-corrected chi connectivity index (χ0v) is 13.6. The number of amides is 1. The first kappa shape index (κ1) is 16.0. The van der Waals surface area contributed by atoms with E-state index < -0.39 is 0 Å². The smallest absolute Gasteiger partial charge is 0.255 e. The van der Waals surface area contributed by atoms with Crippen molar-refractivity contribution < 1.29 is 10.0 Å². The molecule has 19 heavy (non-hydrogen) atoms. The van der Waals surface area contributed by atoms with Gasteiger partial charge < -0.3 is 15.8 Å². The van der Waals surface area contributed by atoms with Crippen molar-refractivity contribution in [2.45, 2.75) is 13.3 Å². The molecule has 0 fully saturated rings. The van der Waals surface area contributed by atoms with Crippen LogP contribution >= 0.6 is 31.9 Å². The fraction of sp³-hybridized carbons (Fsp3) is 0.333. The molecule has 0 saturated carbocycles. The Labute approximate surface area is 128 Å². The number of carbonyl (C=O) groups is 1. The molecule has 0 saturated heterocycles. The van der Waals surface area contributed by atoms with E-state index in [1.165, 1.54) is 0 Å². The maximum absolute atomic E-state index is 12.3. The highest BCUT2D eigenvalue weighted by Gasteiger charge is 2.17. The van der Waals surface area contributed by atoms with Crippen LogP contribution in [0.2, 0.25) is 0 Å². The van der Waals surface area contributed by atoms with Crippen LogP contribution in [0.5, 0.6) is 0 Å². The first-order valence-corrected chi connectivity index (χ1v) is 7.29. The number of oxime groups is 1. The molecule has 5 nitrogen and oxygen atoms in total. The van der Waals surface area contributed by atoms with E-state index in [4.69, 9.17) is 10.9 Å². The van der Waals surface area contributed by atoms with Gasteiger partial charge in [-0.05, 0) is 41.1 Å². The summed E-state index contributed by atoms with van der Waals surface area (Å²) < 4.78 is 1.63. The van der Waals surface area contributed by atoms with Crippen LogP contribution in [-0.4, -0.2) is 34.9 Å². The minimum Gasteiger partial charge on any atom is -0.409 e. The first-order valence-electron chi connectivity index (χ1n) is 5.70. The summed E-state index contributed by atoms with van der Waals surface area (Å²) in [5.41, 5.74) is 6.00. The Kier molecular flexibility index (Phi) is 6.30. The van der Waals surface area contributed by atoms with Gasteiger partial charge in [-0.2, -0.15) is 0 Å². The van der Waals surface area contributed by atoms with Crippen LogP contribution in [0, 0.1) is 0 Å². The minimum atomic E-state index is -0.0902. The van der Waals surface area contributed by atoms with Crippen LogP contribution in [0.1, 0.15) is 23.7 Å². The van der Waals surface area contributed by atoms with E-state index >= 15 is 0 Å². The molecule has 0 heterocycles. The summed E-state index contributed by atoms with van der Waals surface area (Å²) in [5, 5.41) is 11.4. The van der Waals surface area contributed by atoms with E-state index in [1.807, 2.05) is 19.1 Å². The molecule has 0 bridgehead atoms. The highest BCUT2D eigenvalue weighted by molar-refractivity contribution is 9.11. The number of hydrogen-bond donors (Lipinski definition) is 2. The number of hydrogen-bond acceptors (Lipinski definition) is 3. The molecule has 0 aliphatic rings. The normalized spacial score (nSPS) is 11.4. The molecule has 1 amide bonds. The highest BCUT2D eigenvalue weighted by atomic mass is 79.9. The SMILES string of the molecule is CCN(CC/C(N)=N/O)C(=O)c1ccc(Br)cc1Br. The molecule has 3 N–H and O–H groups in total. The van der Waals surface area contributed by atoms with E-state index in [2.05, 4.69) is 37.0 Å². The van der Waals surface area contributed by atoms with Crippen molar-refractivity contribution in [2.75, 3.05) is 13.1 Å². The van der Waals surface area contributed by atoms with Crippen molar-refractivity contribution in [3.05, 3.63) is 32.7 Å². The lowest BCUT2D eigenvalue weighted by Gasteiger charge is -2.21. The van der Waals surface area contributed by atoms with Gasteiger partial charge in [0.1, 0.15) is 5.84 Å². The Morgan fingerprint density at radius 1 is 1.47 bits per heavy atom. The lowest BCUT2D eigenvalue weighted by atomic mass is 10.2. The molecule has 104 valence electrons. The Balaban J connectivity index is 2.83. The predicted molar refractivity (Wildman–Crippen MR) is 81.4 cm³/mol. The fourth-order valence-corrected chi connectivity index (χ4v) is 2.75. The summed E-state index contributed by atoms with van der Waals surface area (Å²) in [7, 11) is 0. The summed E-state index contributed by atoms with van der Waals surface area (Å²) in [6, 6.07) is 5.39. The Bertz CT molecular complexity index is 492. The van der Waals surface area contributed by atoms with Crippen molar-refractivity contribution in [1.29, 1.82) is 0 Å². The summed E-state index contributed by atoms with van der Waals surface area (Å²) in [4.78, 5) is 14.0. The van der Waals surface area contributed by atoms with Gasteiger partial charge in [0, 0.05) is 28.5 Å². The van der Waals surface area contributed by atoms with Gasteiger partial charge in [0.05, 0.1) is 5.56 Å². The fourth-order valence-electron chi connectivity index (χ4n) is 1.54. The number of benzene rings is 1. The van der Waals surface area contributed by atoms with E-state index in [9.17, 15) is 4.79 Å². The van der Waals surface area contributed by atoms with Crippen LogP contribution < -0.4 is 5.73 Å². The quantitative estimate of drug-likeness (QED) is 0.350. The van der Waals surface area contributed by atoms with Crippen molar-refractivity contribution in [3.63, 3.8) is 0 Å². The lowest BCUT2D eigenvalue weighted by Crippen LogP contribution is -2.34. The zero-order valence-electron chi connectivity index (χ0n) is 10.4. The maximum atomic E-state index is 12.3. The second-order valence-electron chi connectivity index (χ2n) is 3.85. The molecule has 1 rings (SSSR count). The van der Waals surface area contributed by atoms with E-state index in [1.54, 1.807) is 11.0 Å². The molecule has 0 spiro atoms. The molecule has 7 heteroatoms. The summed E-state index contributed by atoms with van der Waals surface area (Å²) in [6.45, 7) is 2.85. The van der Waals surface area contributed by atoms with Crippen molar-refractivity contribution in [2.24, 2.45) is 10.9 Å². The Morgan fingerprint density at radius 3 is 2.68 bits per heavy atom. The third-order valence-electron chi connectivity index (χ3n) is 2.60. The molecular formula is C12H15Br2N3O2. The zero-order chi connectivity index (χ0) is 14.4. The molecule has 0 radical (unpaired) electrons. The largest absolute Gasteiger partial charge is 0.409 e. The molecule has 1 aromatic carbocycles. The second kappa shape index (κ2) is 7.49. The average molecular weight is 393 g/mol. The third-order valence-corrected chi connectivity index (χ3v) is 3.75. The molecular weight excluding hydrogens is 378 g/mol. The van der Waals surface area contributed by atoms with Crippen LogP contribution in [0.3, 0.4) is 0 Å². The Morgan fingerprint density at radius 2 is 2.16 bits per heavy atom. The van der Waals surface area contributed by atoms with Crippen LogP contribution in [-0.2, 0) is 0 Å². The van der Waals surface area contributed by atoms with Gasteiger partial charge in [-0.25, -0.2) is 0 Å². The van der Waals surface area contributed by atoms with Gasteiger partial charge in [-0.1, -0.05) is 21.1 Å². The average Bonchev–Trinajstić information content (AvgIpc) is 2.38. The van der Waals surface area contributed by atoms with E-state index in [-0.39, 0.29) is 11.7 Å². The van der Waals surface area contributed by atoms with Gasteiger partial charge in [0.15, 0.2) is 0 Å². The topological polar surface area (TPSA) is 78.9 Å². The number of nitrogens with zero attached hydrogens (tertiary/aromatic N) is 2. The highest BCUT2D eigenvalue weighted by Crippen LogP contribution is 2.23. The standard InChI is InChI=1S/C12H15Br2N3O2/c1-2-17(6-5-11(15)16-19)12(18)9-4-3-8(13)7-10(9)14/h3-4,7,19H,2,5-6H2,1H3,(H2,15,16). The van der Waals surface area contributed by atoms with Gasteiger partial charge in [0.25, 0.3) is 5.91 Å². The maximum Gasteiger partial charge on any atom is 0.255 e.